The van der Waals surface area contributed by atoms with E-state index in [-0.39, 0.29) is 30.4 Å². The highest BCUT2D eigenvalue weighted by Crippen LogP contribution is 2.51. The van der Waals surface area contributed by atoms with Crippen LogP contribution in [0.3, 0.4) is 0 Å². The van der Waals surface area contributed by atoms with Crippen LogP contribution in [-0.2, 0) is 23.1 Å². The Morgan fingerprint density at radius 3 is 2.94 bits per heavy atom. The topological polar surface area (TPSA) is 140 Å². The number of aromatic amines is 1. The summed E-state index contributed by atoms with van der Waals surface area (Å²) in [4.78, 5) is 30.0. The van der Waals surface area contributed by atoms with Gasteiger partial charge in [0.15, 0.2) is 5.82 Å². The van der Waals surface area contributed by atoms with Gasteiger partial charge in [0.2, 0.25) is 5.91 Å². The van der Waals surface area contributed by atoms with Crippen molar-refractivity contribution >= 4 is 34.5 Å². The summed E-state index contributed by atoms with van der Waals surface area (Å²) in [5.41, 5.74) is 1.65. The average Bonchev–Trinajstić information content (AvgIpc) is 3.69. The number of carbonyl (C=O) groups excluding carboxylic acids is 2. The molecular weight excluding hydrogens is 496 g/mol. The first-order valence-electron chi connectivity index (χ1n) is 12.1. The number of aryl methyl sites for hydroxylation is 2. The van der Waals surface area contributed by atoms with Crippen molar-refractivity contribution in [2.45, 2.75) is 56.5 Å². The fraction of sp³-hybridized carbons (Fsp3) is 0.500. The van der Waals surface area contributed by atoms with Gasteiger partial charge < -0.3 is 15.5 Å². The molecule has 0 saturated carbocycles. The Hall–Kier alpha value is -3.14. The van der Waals surface area contributed by atoms with Crippen LogP contribution in [0, 0.1) is 11.3 Å². The van der Waals surface area contributed by atoms with Crippen LogP contribution >= 0.6 is 22.7 Å². The molecule has 188 valence electrons. The molecule has 0 radical (unpaired) electrons. The number of fused-ring (bicyclic) bond motifs is 2. The molecule has 36 heavy (non-hydrogen) atoms. The summed E-state index contributed by atoms with van der Waals surface area (Å²) in [5, 5.41) is 33.0. The summed E-state index contributed by atoms with van der Waals surface area (Å²) in [7, 11) is 1.64. The molecule has 0 bridgehead atoms. The van der Waals surface area contributed by atoms with Crippen molar-refractivity contribution < 1.29 is 9.59 Å². The Morgan fingerprint density at radius 1 is 1.36 bits per heavy atom. The van der Waals surface area contributed by atoms with Gasteiger partial charge in [-0.15, -0.1) is 32.9 Å². The number of rotatable bonds is 7. The molecule has 10 nitrogen and oxygen atoms in total. The molecule has 3 aromatic heterocycles. The van der Waals surface area contributed by atoms with Gasteiger partial charge in [0.05, 0.1) is 17.5 Å². The number of nitrogens with zero attached hydrogens (tertiary/aromatic N) is 5. The summed E-state index contributed by atoms with van der Waals surface area (Å²) >= 11 is 3.14. The number of carbonyl (C=O) groups is 2. The molecule has 3 N–H and O–H groups in total. The average molecular weight is 525 g/mol. The quantitative estimate of drug-likeness (QED) is 0.429. The van der Waals surface area contributed by atoms with Crippen molar-refractivity contribution in [1.29, 1.82) is 5.26 Å². The highest BCUT2D eigenvalue weighted by Gasteiger charge is 2.48. The number of H-pyrrole nitrogens is 1. The van der Waals surface area contributed by atoms with E-state index in [1.807, 2.05) is 13.0 Å². The SMILES string of the molecule is CNC(=O)c1cc2c(s1)C(C[C@H](C)NCC(=O)N1CCC[C@H]1C#N)(c1nn[nH]n1)c1sccc1CC2. The molecule has 1 saturated heterocycles. The van der Waals surface area contributed by atoms with Gasteiger partial charge in [-0.3, -0.25) is 9.59 Å². The first-order chi connectivity index (χ1) is 17.5. The lowest BCUT2D eigenvalue weighted by molar-refractivity contribution is -0.130. The van der Waals surface area contributed by atoms with E-state index in [4.69, 9.17) is 0 Å². The molecule has 1 aliphatic carbocycles. The molecule has 1 unspecified atom stereocenters. The lowest BCUT2D eigenvalue weighted by Crippen LogP contribution is -2.45. The minimum absolute atomic E-state index is 0.0593. The van der Waals surface area contributed by atoms with E-state index < -0.39 is 5.41 Å². The van der Waals surface area contributed by atoms with E-state index in [9.17, 15) is 14.9 Å². The molecule has 12 heteroatoms. The molecule has 5 rings (SSSR count). The second-order valence-corrected chi connectivity index (χ2v) is 11.3. The predicted octanol–water partition coefficient (Wildman–Crippen LogP) is 2.00. The van der Waals surface area contributed by atoms with Gasteiger partial charge in [-0.2, -0.15) is 10.5 Å². The van der Waals surface area contributed by atoms with Gasteiger partial charge in [-0.1, -0.05) is 5.21 Å². The zero-order valence-corrected chi connectivity index (χ0v) is 21.8. The monoisotopic (exact) mass is 524 g/mol. The Labute approximate surface area is 217 Å². The maximum absolute atomic E-state index is 12.9. The van der Waals surface area contributed by atoms with Crippen molar-refractivity contribution in [1.82, 2.24) is 36.2 Å². The molecule has 0 aromatic carbocycles. The standard InChI is InChI=1S/C24H28N8O2S2/c1-14(27-13-19(33)32-8-3-4-17(32)12-25)11-24(23-28-30-31-29-23)20-15(7-9-35-20)5-6-16-10-18(22(34)26-2)36-21(16)24/h7,9-10,14,17,27H,3-6,8,11,13H2,1-2H3,(H,26,34)(H,28,29,30,31)/t14-,17-,24?/m0/s1. The lowest BCUT2D eigenvalue weighted by atomic mass is 9.76. The van der Waals surface area contributed by atoms with Gasteiger partial charge in [-0.25, -0.2) is 0 Å². The van der Waals surface area contributed by atoms with Crippen LogP contribution in [-0.4, -0.2) is 69.6 Å². The Morgan fingerprint density at radius 2 is 2.19 bits per heavy atom. The van der Waals surface area contributed by atoms with Gasteiger partial charge in [-0.05, 0) is 67.7 Å². The van der Waals surface area contributed by atoms with Crippen molar-refractivity contribution in [3.8, 4) is 6.07 Å². The van der Waals surface area contributed by atoms with Crippen LogP contribution in [0.1, 0.15) is 62.6 Å². The van der Waals surface area contributed by atoms with Gasteiger partial charge in [0.25, 0.3) is 5.91 Å². The van der Waals surface area contributed by atoms with E-state index >= 15 is 0 Å². The molecule has 2 aliphatic rings. The molecule has 2 amide bonds. The fourth-order valence-electron chi connectivity index (χ4n) is 5.41. The summed E-state index contributed by atoms with van der Waals surface area (Å²) in [5.74, 6) is 0.385. The number of likely N-dealkylation sites (tertiary alicyclic amines) is 1. The van der Waals surface area contributed by atoms with Gasteiger partial charge in [0, 0.05) is 29.4 Å². The Kier molecular flexibility index (Phi) is 6.87. The zero-order chi connectivity index (χ0) is 25.3. The smallest absolute Gasteiger partial charge is 0.261 e. The second kappa shape index (κ2) is 10.1. The molecule has 3 atom stereocenters. The number of hydrogen-bond donors (Lipinski definition) is 3. The number of aromatic nitrogens is 4. The van der Waals surface area contributed by atoms with Crippen molar-refractivity contribution in [3.63, 3.8) is 0 Å². The zero-order valence-electron chi connectivity index (χ0n) is 20.2. The first-order valence-corrected chi connectivity index (χ1v) is 13.8. The molecule has 4 heterocycles. The third-order valence-electron chi connectivity index (χ3n) is 7.11. The number of tetrazole rings is 1. The van der Waals surface area contributed by atoms with Gasteiger partial charge >= 0.3 is 0 Å². The third-order valence-corrected chi connectivity index (χ3v) is 9.57. The van der Waals surface area contributed by atoms with E-state index in [0.29, 0.717) is 23.7 Å². The molecular formula is C24H28N8O2S2. The minimum Gasteiger partial charge on any atom is -0.354 e. The molecule has 1 fully saturated rings. The second-order valence-electron chi connectivity index (χ2n) is 9.32. The highest BCUT2D eigenvalue weighted by molar-refractivity contribution is 7.15. The van der Waals surface area contributed by atoms with Crippen LogP contribution < -0.4 is 10.6 Å². The largest absolute Gasteiger partial charge is 0.354 e. The van der Waals surface area contributed by atoms with Crippen molar-refractivity contribution in [2.75, 3.05) is 20.1 Å². The van der Waals surface area contributed by atoms with Crippen LogP contribution in [0.4, 0.5) is 0 Å². The summed E-state index contributed by atoms with van der Waals surface area (Å²) in [6, 6.07) is 5.94. The Balaban J connectivity index is 1.50. The van der Waals surface area contributed by atoms with E-state index in [1.54, 1.807) is 23.3 Å². The summed E-state index contributed by atoms with van der Waals surface area (Å²) in [6.07, 6.45) is 3.85. The predicted molar refractivity (Wildman–Crippen MR) is 136 cm³/mol. The minimum atomic E-state index is -0.711. The third kappa shape index (κ3) is 4.21. The Bertz CT molecular complexity index is 1290. The van der Waals surface area contributed by atoms with Gasteiger partial charge in [0.1, 0.15) is 11.5 Å². The normalized spacial score (nSPS) is 21.8. The van der Waals surface area contributed by atoms with Crippen molar-refractivity contribution in [2.24, 2.45) is 0 Å². The van der Waals surface area contributed by atoms with Crippen LogP contribution in [0.15, 0.2) is 17.5 Å². The number of hydrogen-bond acceptors (Lipinski definition) is 9. The first kappa shape index (κ1) is 24.5. The van der Waals surface area contributed by atoms with Crippen molar-refractivity contribution in [3.05, 3.63) is 49.1 Å². The van der Waals surface area contributed by atoms with E-state index in [0.717, 1.165) is 41.0 Å². The fourth-order valence-corrected chi connectivity index (χ4v) is 8.00. The summed E-state index contributed by atoms with van der Waals surface area (Å²) < 4.78 is 0. The summed E-state index contributed by atoms with van der Waals surface area (Å²) in [6.45, 7) is 2.82. The maximum Gasteiger partial charge on any atom is 0.261 e. The van der Waals surface area contributed by atoms with Crippen LogP contribution in [0.2, 0.25) is 0 Å². The molecule has 0 spiro atoms. The molecule has 3 aromatic rings. The maximum atomic E-state index is 12.9. The number of amides is 2. The highest BCUT2D eigenvalue weighted by atomic mass is 32.1. The number of thiophene rings is 2. The lowest BCUT2D eigenvalue weighted by Gasteiger charge is -2.33. The number of nitriles is 1. The van der Waals surface area contributed by atoms with E-state index in [1.165, 1.54) is 16.9 Å². The van der Waals surface area contributed by atoms with E-state index in [2.05, 4.69) is 48.8 Å². The molecule has 1 aliphatic heterocycles. The van der Waals surface area contributed by atoms with Crippen LogP contribution in [0.5, 0.6) is 0 Å². The van der Waals surface area contributed by atoms with Crippen LogP contribution in [0.25, 0.3) is 0 Å². The number of nitrogens with one attached hydrogen (secondary N) is 3.